The van der Waals surface area contributed by atoms with Gasteiger partial charge in [0.05, 0.1) is 12.0 Å². The number of hydrogen-bond donors (Lipinski definition) is 1. The molecule has 0 bridgehead atoms. The Kier molecular flexibility index (Phi) is 7.87. The van der Waals surface area contributed by atoms with Crippen molar-refractivity contribution in [3.05, 3.63) is 108 Å². The molecule has 41 heavy (non-hydrogen) atoms. The summed E-state index contributed by atoms with van der Waals surface area (Å²) in [7, 11) is 0. The summed E-state index contributed by atoms with van der Waals surface area (Å²) >= 11 is 0. The van der Waals surface area contributed by atoms with E-state index < -0.39 is 35.3 Å². The highest BCUT2D eigenvalue weighted by Crippen LogP contribution is 2.40. The molecule has 0 saturated carbocycles. The number of allylic oxidation sites excluding steroid dienone is 2. The summed E-state index contributed by atoms with van der Waals surface area (Å²) in [5.41, 5.74) is 1.86. The van der Waals surface area contributed by atoms with E-state index >= 15 is 0 Å². The van der Waals surface area contributed by atoms with Gasteiger partial charge >= 0.3 is 6.09 Å². The number of rotatable bonds is 8. The highest BCUT2D eigenvalue weighted by atomic mass is 16.6. The van der Waals surface area contributed by atoms with Crippen LogP contribution in [0.15, 0.2) is 96.7 Å². The number of aromatic nitrogens is 1. The minimum atomic E-state index is -0.920. The molecule has 2 aliphatic rings. The van der Waals surface area contributed by atoms with Crippen LogP contribution in [0.4, 0.5) is 10.5 Å². The topological polar surface area (TPSA) is 107 Å². The van der Waals surface area contributed by atoms with E-state index in [-0.39, 0.29) is 12.5 Å². The number of amides is 2. The van der Waals surface area contributed by atoms with E-state index in [9.17, 15) is 14.4 Å². The van der Waals surface area contributed by atoms with Gasteiger partial charge in [0.2, 0.25) is 17.5 Å². The number of benzene rings is 2. The van der Waals surface area contributed by atoms with E-state index in [1.54, 1.807) is 51.1 Å². The summed E-state index contributed by atoms with van der Waals surface area (Å²) < 4.78 is 17.4. The quantitative estimate of drug-likeness (QED) is 0.386. The van der Waals surface area contributed by atoms with Gasteiger partial charge in [0.15, 0.2) is 0 Å². The van der Waals surface area contributed by atoms with Crippen LogP contribution in [0, 0.1) is 5.92 Å². The van der Waals surface area contributed by atoms with Crippen LogP contribution < -0.4 is 19.7 Å². The van der Waals surface area contributed by atoms with Crippen molar-refractivity contribution in [2.24, 2.45) is 5.92 Å². The van der Waals surface area contributed by atoms with Crippen LogP contribution in [0.25, 0.3) is 0 Å². The van der Waals surface area contributed by atoms with Crippen molar-refractivity contribution in [2.45, 2.75) is 45.6 Å². The standard InChI is InChI=1S/C32H31N3O6/c1-32(2,3)41-31(38)33-23-15-10-16-24-27(23)28(36)30(37)35(24)25-17-18-26(39-19-21-11-6-4-7-12-21)34-29(25)40-20-22-13-8-5-9-14-22/h4-18,23,27H,19-20H2,1-3H3,(H,33,38). The molecule has 2 aromatic carbocycles. The van der Waals surface area contributed by atoms with Crippen LogP contribution >= 0.6 is 0 Å². The summed E-state index contributed by atoms with van der Waals surface area (Å²) in [4.78, 5) is 45.0. The van der Waals surface area contributed by atoms with Gasteiger partial charge in [-0.2, -0.15) is 4.98 Å². The lowest BCUT2D eigenvalue weighted by atomic mass is 9.90. The fourth-order valence-electron chi connectivity index (χ4n) is 4.60. The molecular formula is C32H31N3O6. The number of carbonyl (C=O) groups excluding carboxylic acids is 3. The van der Waals surface area contributed by atoms with Gasteiger partial charge in [-0.25, -0.2) is 4.79 Å². The molecule has 9 heteroatoms. The van der Waals surface area contributed by atoms with Gasteiger partial charge in [0, 0.05) is 11.8 Å². The number of hydrogen-bond acceptors (Lipinski definition) is 7. The van der Waals surface area contributed by atoms with E-state index in [2.05, 4.69) is 10.3 Å². The number of alkyl carbamates (subject to hydrolysis) is 1. The molecule has 1 N–H and O–H groups in total. The first-order chi connectivity index (χ1) is 19.7. The summed E-state index contributed by atoms with van der Waals surface area (Å²) in [5.74, 6) is -1.88. The molecule has 0 radical (unpaired) electrons. The molecule has 1 aliphatic carbocycles. The monoisotopic (exact) mass is 553 g/mol. The van der Waals surface area contributed by atoms with Crippen molar-refractivity contribution in [3.63, 3.8) is 0 Å². The van der Waals surface area contributed by atoms with Gasteiger partial charge in [-0.3, -0.25) is 14.5 Å². The summed E-state index contributed by atoms with van der Waals surface area (Å²) in [6, 6.07) is 21.7. The lowest BCUT2D eigenvalue weighted by Gasteiger charge is -2.28. The molecule has 2 heterocycles. The summed E-state index contributed by atoms with van der Waals surface area (Å²) in [6.07, 6.45) is 4.36. The number of nitrogens with one attached hydrogen (secondary N) is 1. The van der Waals surface area contributed by atoms with Crippen LogP contribution in [0.1, 0.15) is 31.9 Å². The Morgan fingerprint density at radius 3 is 2.17 bits per heavy atom. The number of carbonyl (C=O) groups is 3. The van der Waals surface area contributed by atoms with Gasteiger partial charge in [0.25, 0.3) is 5.91 Å². The zero-order chi connectivity index (χ0) is 29.0. The molecule has 3 aromatic rings. The molecule has 2 unspecified atom stereocenters. The van der Waals surface area contributed by atoms with E-state index in [4.69, 9.17) is 14.2 Å². The number of ketones is 1. The maximum Gasteiger partial charge on any atom is 0.408 e. The molecule has 1 saturated heterocycles. The molecule has 0 spiro atoms. The van der Waals surface area contributed by atoms with Crippen molar-refractivity contribution in [2.75, 3.05) is 4.90 Å². The number of ether oxygens (including phenoxy) is 3. The first kappa shape index (κ1) is 27.6. The van der Waals surface area contributed by atoms with Crippen LogP contribution in [-0.2, 0) is 27.5 Å². The van der Waals surface area contributed by atoms with Gasteiger partial charge in [-0.15, -0.1) is 0 Å². The molecule has 5 rings (SSSR count). The summed E-state index contributed by atoms with van der Waals surface area (Å²) in [5, 5.41) is 2.72. The number of anilines is 1. The van der Waals surface area contributed by atoms with E-state index in [1.807, 2.05) is 60.7 Å². The van der Waals surface area contributed by atoms with Crippen molar-refractivity contribution in [1.82, 2.24) is 10.3 Å². The second-order valence-corrected chi connectivity index (χ2v) is 10.7. The third-order valence-electron chi connectivity index (χ3n) is 6.40. The second kappa shape index (κ2) is 11.7. The molecule has 1 aliphatic heterocycles. The SMILES string of the molecule is CC(C)(C)OC(=O)NC1C=CC=C2C1C(=O)C(=O)N2c1ccc(OCc2ccccc2)nc1OCc1ccccc1. The normalized spacial score (nSPS) is 18.0. The van der Waals surface area contributed by atoms with Crippen LogP contribution in [0.5, 0.6) is 11.8 Å². The van der Waals surface area contributed by atoms with E-state index in [0.29, 0.717) is 23.9 Å². The second-order valence-electron chi connectivity index (χ2n) is 10.7. The number of pyridine rings is 1. The van der Waals surface area contributed by atoms with Gasteiger partial charge in [0.1, 0.15) is 24.5 Å². The Morgan fingerprint density at radius 1 is 0.902 bits per heavy atom. The third-order valence-corrected chi connectivity index (χ3v) is 6.40. The van der Waals surface area contributed by atoms with E-state index in [0.717, 1.165) is 11.1 Å². The maximum atomic E-state index is 13.4. The smallest absolute Gasteiger partial charge is 0.408 e. The first-order valence-electron chi connectivity index (χ1n) is 13.3. The fraction of sp³-hybridized carbons (Fsp3) is 0.250. The van der Waals surface area contributed by atoms with Crippen molar-refractivity contribution >= 4 is 23.5 Å². The summed E-state index contributed by atoms with van der Waals surface area (Å²) in [6.45, 7) is 5.72. The average molecular weight is 554 g/mol. The largest absolute Gasteiger partial charge is 0.473 e. The van der Waals surface area contributed by atoms with Crippen molar-refractivity contribution < 1.29 is 28.6 Å². The molecule has 210 valence electrons. The maximum absolute atomic E-state index is 13.4. The lowest BCUT2D eigenvalue weighted by Crippen LogP contribution is -2.44. The fourth-order valence-corrected chi connectivity index (χ4v) is 4.60. The first-order valence-corrected chi connectivity index (χ1v) is 13.3. The average Bonchev–Trinajstić information content (AvgIpc) is 3.21. The predicted molar refractivity (Wildman–Crippen MR) is 152 cm³/mol. The third kappa shape index (κ3) is 6.46. The Hall–Kier alpha value is -4.92. The zero-order valence-electron chi connectivity index (χ0n) is 23.1. The van der Waals surface area contributed by atoms with Gasteiger partial charge in [-0.05, 0) is 44.0 Å². The van der Waals surface area contributed by atoms with Crippen molar-refractivity contribution in [1.29, 1.82) is 0 Å². The minimum Gasteiger partial charge on any atom is -0.473 e. The lowest BCUT2D eigenvalue weighted by molar-refractivity contribution is -0.135. The molecule has 9 nitrogen and oxygen atoms in total. The zero-order valence-corrected chi connectivity index (χ0v) is 23.1. The highest BCUT2D eigenvalue weighted by Gasteiger charge is 2.49. The Balaban J connectivity index is 1.43. The molecule has 1 fully saturated rings. The molecule has 2 atom stereocenters. The molecule has 1 aromatic heterocycles. The van der Waals surface area contributed by atoms with Gasteiger partial charge < -0.3 is 19.5 Å². The van der Waals surface area contributed by atoms with Gasteiger partial charge in [-0.1, -0.05) is 72.8 Å². The number of fused-ring (bicyclic) bond motifs is 1. The van der Waals surface area contributed by atoms with Crippen LogP contribution in [0.2, 0.25) is 0 Å². The molecule has 2 amide bonds. The van der Waals surface area contributed by atoms with Crippen LogP contribution in [0.3, 0.4) is 0 Å². The van der Waals surface area contributed by atoms with Crippen molar-refractivity contribution in [3.8, 4) is 11.8 Å². The highest BCUT2D eigenvalue weighted by molar-refractivity contribution is 6.47. The number of nitrogens with zero attached hydrogens (tertiary/aromatic N) is 2. The Bertz CT molecular complexity index is 1490. The Morgan fingerprint density at radius 2 is 1.54 bits per heavy atom. The van der Waals surface area contributed by atoms with E-state index in [1.165, 1.54) is 4.90 Å². The molecular weight excluding hydrogens is 522 g/mol. The predicted octanol–water partition coefficient (Wildman–Crippen LogP) is 5.12. The van der Waals surface area contributed by atoms with Crippen LogP contribution in [-0.4, -0.2) is 34.4 Å². The number of Topliss-reactive ketones (excluding diaryl/α,β-unsaturated/α-hetero) is 1. The Labute approximate surface area is 238 Å². The minimum absolute atomic E-state index is 0.133.